The average Bonchev–Trinajstić information content (AvgIpc) is 1.43. The summed E-state index contributed by atoms with van der Waals surface area (Å²) in [4.78, 5) is 176. The van der Waals surface area contributed by atoms with Gasteiger partial charge in [0.1, 0.15) is 113 Å². The van der Waals surface area contributed by atoms with E-state index in [0.717, 1.165) is 56.7 Å². The SMILES string of the molecule is C=C1NC(=O)[C@H](C)NC(=O)[C@H]([C@@H](C)CC)NC2C=Cc3c([C@H](C)O)cc(nc3[C@H]2O)C(=O)O[C@H](C)[C@@H]2NC(=O)c3csc(n3)[C@H]([C@](C)(O)[C@@H](C)O)NC(=O)c3csc(n3)/C(=C/C)NC(=O)[C@H]([C@@H](C)O)NC(=O)c3csc(n3)C3(CCC(c4nc(C(N)=O)cs4)=N[C@@H]3c3csc2n3)NC(=O)[C@H](C)NC1=O. The minimum Gasteiger partial charge on any atom is -0.455 e. The highest BCUT2D eigenvalue weighted by Gasteiger charge is 2.51. The number of nitrogens with one attached hydrogen (secondary N) is 9. The molecule has 1 aliphatic carbocycles. The summed E-state index contributed by atoms with van der Waals surface area (Å²) in [6.07, 6.45) is -2.78. The van der Waals surface area contributed by atoms with Gasteiger partial charge in [0.15, 0.2) is 0 Å². The number of carbonyl (C=O) groups excluding carboxylic acids is 10. The number of pyridine rings is 1. The number of hydrogen-bond acceptors (Lipinski definition) is 29. The van der Waals surface area contributed by atoms with Crippen molar-refractivity contribution in [2.75, 3.05) is 0 Å². The lowest BCUT2D eigenvalue weighted by Gasteiger charge is -2.41. The topological polar surface area (TPSA) is 505 Å². The fraction of sp³-hybridized carbons (Fsp3) is 0.439. The van der Waals surface area contributed by atoms with Gasteiger partial charge in [0.2, 0.25) is 23.6 Å². The van der Waals surface area contributed by atoms with Crippen LogP contribution >= 0.6 is 56.7 Å². The van der Waals surface area contributed by atoms with Crippen molar-refractivity contribution in [1.29, 1.82) is 0 Å². The number of aliphatic hydroxyl groups is 5. The van der Waals surface area contributed by atoms with Crippen LogP contribution in [-0.4, -0.2) is 174 Å². The Kier molecular flexibility index (Phi) is 23.4. The third-order valence-corrected chi connectivity index (χ3v) is 22.8. The van der Waals surface area contributed by atoms with E-state index in [9.17, 15) is 63.9 Å². The van der Waals surface area contributed by atoms with E-state index in [1.165, 1.54) is 87.5 Å². The smallest absolute Gasteiger partial charge is 0.357 e. The van der Waals surface area contributed by atoms with Gasteiger partial charge in [0, 0.05) is 32.5 Å². The van der Waals surface area contributed by atoms with Gasteiger partial charge in [-0.2, -0.15) is 0 Å². The summed E-state index contributed by atoms with van der Waals surface area (Å²) in [5.41, 5.74) is 0.120. The molecule has 0 saturated heterocycles. The molecule has 16 N–H and O–H groups in total. The molecule has 10 rings (SSSR count). The van der Waals surface area contributed by atoms with Gasteiger partial charge in [-0.1, -0.05) is 45.1 Å². The third kappa shape index (κ3) is 16.1. The molecule has 0 saturated carbocycles. The number of rotatable bonds is 8. The molecule has 9 heterocycles. The van der Waals surface area contributed by atoms with Crippen LogP contribution in [0, 0.1) is 5.92 Å². The number of ether oxygens (including phenoxy) is 1. The summed E-state index contributed by atoms with van der Waals surface area (Å²) < 4.78 is 6.24. The highest BCUT2D eigenvalue weighted by Crippen LogP contribution is 2.48. The van der Waals surface area contributed by atoms with E-state index < -0.39 is 166 Å². The predicted octanol–water partition coefficient (Wildman–Crippen LogP) is 2.23. The lowest BCUT2D eigenvalue weighted by molar-refractivity contribution is -0.131. The van der Waals surface area contributed by atoms with Crippen LogP contribution in [0.4, 0.5) is 0 Å². The van der Waals surface area contributed by atoms with Crippen molar-refractivity contribution in [2.24, 2.45) is 16.6 Å². The van der Waals surface area contributed by atoms with Crippen molar-refractivity contribution in [2.45, 2.75) is 178 Å². The Hall–Kier alpha value is -9.35. The van der Waals surface area contributed by atoms with E-state index >= 15 is 9.59 Å². The molecule has 9 amide bonds. The van der Waals surface area contributed by atoms with Gasteiger partial charge in [0.05, 0.1) is 58.9 Å². The fourth-order valence-corrected chi connectivity index (χ4v) is 16.2. The van der Waals surface area contributed by atoms with E-state index in [2.05, 4.69) is 74.4 Å². The van der Waals surface area contributed by atoms with Gasteiger partial charge in [-0.3, -0.25) is 53.5 Å². The molecule has 552 valence electrons. The zero-order valence-electron chi connectivity index (χ0n) is 57.6. The number of nitrogens with zero attached hydrogens (tertiary/aromatic N) is 7. The van der Waals surface area contributed by atoms with Gasteiger partial charge in [-0.15, -0.1) is 56.7 Å². The maximum absolute atomic E-state index is 15.2. The molecule has 4 aliphatic rings. The molecule has 6 aromatic heterocycles. The second-order valence-corrected chi connectivity index (χ2v) is 30.0. The van der Waals surface area contributed by atoms with Crippen LogP contribution in [0.5, 0.6) is 0 Å². The second-order valence-electron chi connectivity index (χ2n) is 25.7. The molecule has 3 aliphatic heterocycles. The molecule has 38 heteroatoms. The normalized spacial score (nSPS) is 27.1. The van der Waals surface area contributed by atoms with E-state index in [-0.39, 0.29) is 94.6 Å². The number of thiazole rings is 5. The summed E-state index contributed by atoms with van der Waals surface area (Å²) in [6.45, 7) is 18.1. The summed E-state index contributed by atoms with van der Waals surface area (Å²) in [5, 5.41) is 89.2. The number of allylic oxidation sites excluding steroid dienone is 1. The van der Waals surface area contributed by atoms with E-state index in [4.69, 9.17) is 25.4 Å². The van der Waals surface area contributed by atoms with Crippen LogP contribution in [0.25, 0.3) is 11.8 Å². The standard InChI is InChI=1S/C66H77N17O16S5/c1-12-24(3)43-57(95)70-26(5)52(90)68-25(4)51(89)69-27(6)53(91)83-66-17-16-36(60-76-39(20-100-60)50(67)88)73-48(66)38-19-102-61(75-38)45(30(9)99-63(97)37-18-33(28(7)84)32-14-15-35(71-43)47(87)46(32)72-37)81-54(92)40-22-103-62(78-40)49(65(11,98)31(10)86)82-56(94)41-21-101-59(77-41)34(13-2)74-58(96)44(29(8)85)80-55(93)42-23-104-64(66)79-42/h13-15,18-24,26-31,35,43-45,47-49,71,84-87,98H,4,12,16-17H2,1-3,5-11H3,(H2,67,88)(H,68,90)(H,69,89)(H,70,95)(H,74,96)(H,80,93)(H,81,92)(H,82,94)(H,83,91)/b34-13-/t24-,26-,27-,28-,29+,30+,31+,35?,43-,44-,45-,47-,48+,49+,65+,66?/m0/s1. The van der Waals surface area contributed by atoms with Gasteiger partial charge in [-0.25, -0.2) is 34.7 Å². The minimum absolute atomic E-state index is 0.00649. The lowest BCUT2D eigenvalue weighted by Crippen LogP contribution is -2.57. The number of primary amides is 1. The monoisotopic (exact) mass is 1520 g/mol. The minimum atomic E-state index is -2.20. The van der Waals surface area contributed by atoms with E-state index in [1.807, 2.05) is 6.92 Å². The number of fused-ring (bicyclic) bond motifs is 8. The zero-order valence-corrected chi connectivity index (χ0v) is 61.7. The highest BCUT2D eigenvalue weighted by molar-refractivity contribution is 7.12. The molecule has 0 fully saturated rings. The van der Waals surface area contributed by atoms with Crippen molar-refractivity contribution >= 4 is 133 Å². The zero-order chi connectivity index (χ0) is 75.7. The molecular weight excluding hydrogens is 1450 g/mol. The molecule has 6 aromatic rings. The number of amides is 9. The predicted molar refractivity (Wildman–Crippen MR) is 381 cm³/mol. The summed E-state index contributed by atoms with van der Waals surface area (Å²) in [5.74, 6) is -9.78. The van der Waals surface area contributed by atoms with Crippen LogP contribution in [0.1, 0.15) is 219 Å². The third-order valence-electron chi connectivity index (χ3n) is 18.2. The number of aliphatic hydroxyl groups excluding tert-OH is 4. The van der Waals surface area contributed by atoms with Crippen LogP contribution in [0.3, 0.4) is 0 Å². The summed E-state index contributed by atoms with van der Waals surface area (Å²) in [7, 11) is 0. The van der Waals surface area contributed by atoms with Crippen molar-refractivity contribution < 1.29 is 78.2 Å². The molecule has 16 atom stereocenters. The Labute approximate surface area is 614 Å². The number of aliphatic imine (C=N–C) groups is 1. The fourth-order valence-electron chi connectivity index (χ4n) is 11.6. The molecule has 2 unspecified atom stereocenters. The first-order valence-electron chi connectivity index (χ1n) is 32.8. The second kappa shape index (κ2) is 31.5. The Balaban J connectivity index is 1.17. The average molecular weight is 1520 g/mol. The first-order chi connectivity index (χ1) is 49.1. The molecule has 0 spiro atoms. The Morgan fingerprint density at radius 3 is 2.07 bits per heavy atom. The van der Waals surface area contributed by atoms with Gasteiger partial charge < -0.3 is 78.5 Å². The summed E-state index contributed by atoms with van der Waals surface area (Å²) >= 11 is 4.49. The van der Waals surface area contributed by atoms with Crippen LogP contribution in [0.2, 0.25) is 0 Å². The number of carbonyl (C=O) groups is 10. The maximum Gasteiger partial charge on any atom is 0.357 e. The van der Waals surface area contributed by atoms with Crippen molar-refractivity contribution in [3.8, 4) is 0 Å². The molecular formula is C66H77N17O16S5. The first-order valence-corrected chi connectivity index (χ1v) is 37.2. The molecule has 33 nitrogen and oxygen atoms in total. The maximum atomic E-state index is 15.2. The van der Waals surface area contributed by atoms with E-state index in [1.54, 1.807) is 26.0 Å². The van der Waals surface area contributed by atoms with Crippen molar-refractivity contribution in [3.05, 3.63) is 133 Å². The number of esters is 1. The molecule has 0 aromatic carbocycles. The van der Waals surface area contributed by atoms with Gasteiger partial charge >= 0.3 is 5.97 Å². The van der Waals surface area contributed by atoms with Crippen molar-refractivity contribution in [1.82, 2.24) is 77.8 Å². The summed E-state index contributed by atoms with van der Waals surface area (Å²) in [6, 6.07) is -10.0. The van der Waals surface area contributed by atoms with Crippen LogP contribution in [0.15, 0.2) is 62.4 Å². The van der Waals surface area contributed by atoms with E-state index in [0.29, 0.717) is 6.42 Å². The molecule has 0 radical (unpaired) electrons. The Bertz CT molecular complexity index is 4500. The number of hydrogen-bond donors (Lipinski definition) is 15. The number of aromatic nitrogens is 6. The first kappa shape index (κ1) is 77.3. The number of cyclic esters (lactones) is 1. The molecule has 13 bridgehead atoms. The highest BCUT2D eigenvalue weighted by atomic mass is 32.1. The Morgan fingerprint density at radius 2 is 1.39 bits per heavy atom. The quantitative estimate of drug-likeness (QED) is 0.0767. The molecule has 104 heavy (non-hydrogen) atoms. The Morgan fingerprint density at radius 1 is 0.740 bits per heavy atom. The van der Waals surface area contributed by atoms with Crippen molar-refractivity contribution in [3.63, 3.8) is 0 Å². The van der Waals surface area contributed by atoms with Gasteiger partial charge in [0.25, 0.3) is 29.5 Å². The van der Waals surface area contributed by atoms with Crippen LogP contribution < -0.4 is 53.6 Å². The largest absolute Gasteiger partial charge is 0.455 e. The number of nitrogens with two attached hydrogens (primary N) is 1. The lowest BCUT2D eigenvalue weighted by atomic mass is 9.80. The van der Waals surface area contributed by atoms with Gasteiger partial charge in [-0.05, 0) is 85.8 Å². The van der Waals surface area contributed by atoms with Crippen LogP contribution in [-0.2, 0) is 34.2 Å².